The standard InChI is InChI=1S/C13H22N2/c1-11-6-8-15(10-13(2,3)9-11)12-5-4-7-14-12/h4-5,7,11,14H,6,8-10H2,1-3H3. The lowest BCUT2D eigenvalue weighted by Gasteiger charge is -2.30. The van der Waals surface area contributed by atoms with Gasteiger partial charge in [0.2, 0.25) is 0 Å². The summed E-state index contributed by atoms with van der Waals surface area (Å²) in [5.41, 5.74) is 0.432. The van der Waals surface area contributed by atoms with E-state index in [1.807, 2.05) is 6.20 Å². The van der Waals surface area contributed by atoms with Gasteiger partial charge in [0, 0.05) is 19.3 Å². The van der Waals surface area contributed by atoms with E-state index in [0.717, 1.165) is 12.5 Å². The molecule has 0 bridgehead atoms. The van der Waals surface area contributed by atoms with Crippen molar-refractivity contribution in [1.29, 1.82) is 0 Å². The molecule has 1 atom stereocenters. The molecule has 1 aromatic rings. The number of hydrogen-bond acceptors (Lipinski definition) is 1. The van der Waals surface area contributed by atoms with Gasteiger partial charge in [0.05, 0.1) is 0 Å². The van der Waals surface area contributed by atoms with E-state index < -0.39 is 0 Å². The molecule has 0 amide bonds. The first kappa shape index (κ1) is 10.6. The number of nitrogens with zero attached hydrogens (tertiary/aromatic N) is 1. The van der Waals surface area contributed by atoms with Crippen molar-refractivity contribution < 1.29 is 0 Å². The van der Waals surface area contributed by atoms with Gasteiger partial charge in [-0.1, -0.05) is 20.8 Å². The highest BCUT2D eigenvalue weighted by Crippen LogP contribution is 2.33. The highest BCUT2D eigenvalue weighted by molar-refractivity contribution is 5.39. The number of nitrogens with one attached hydrogen (secondary N) is 1. The van der Waals surface area contributed by atoms with Crippen molar-refractivity contribution >= 4 is 5.82 Å². The minimum Gasteiger partial charge on any atom is -0.358 e. The molecule has 84 valence electrons. The molecule has 0 spiro atoms. The molecule has 1 aliphatic heterocycles. The maximum absolute atomic E-state index is 3.31. The van der Waals surface area contributed by atoms with Crippen LogP contribution in [-0.2, 0) is 0 Å². The molecule has 0 aromatic carbocycles. The van der Waals surface area contributed by atoms with Crippen LogP contribution in [0.2, 0.25) is 0 Å². The van der Waals surface area contributed by atoms with Crippen molar-refractivity contribution in [3.8, 4) is 0 Å². The summed E-state index contributed by atoms with van der Waals surface area (Å²) >= 11 is 0. The number of H-pyrrole nitrogens is 1. The van der Waals surface area contributed by atoms with Gasteiger partial charge >= 0.3 is 0 Å². The second-order valence-corrected chi connectivity index (χ2v) is 5.74. The van der Waals surface area contributed by atoms with E-state index in [2.05, 4.69) is 42.8 Å². The summed E-state index contributed by atoms with van der Waals surface area (Å²) in [4.78, 5) is 5.80. The van der Waals surface area contributed by atoms with Gasteiger partial charge in [-0.2, -0.15) is 0 Å². The van der Waals surface area contributed by atoms with Crippen LogP contribution in [0, 0.1) is 11.3 Å². The van der Waals surface area contributed by atoms with Crippen molar-refractivity contribution in [2.45, 2.75) is 33.6 Å². The Labute approximate surface area is 92.7 Å². The molecule has 1 aliphatic rings. The third kappa shape index (κ3) is 2.55. The maximum atomic E-state index is 3.31. The Morgan fingerprint density at radius 1 is 1.47 bits per heavy atom. The minimum absolute atomic E-state index is 0.432. The largest absolute Gasteiger partial charge is 0.358 e. The lowest BCUT2D eigenvalue weighted by Crippen LogP contribution is -2.32. The van der Waals surface area contributed by atoms with Gasteiger partial charge in [0.1, 0.15) is 5.82 Å². The van der Waals surface area contributed by atoms with E-state index in [0.29, 0.717) is 5.41 Å². The zero-order valence-corrected chi connectivity index (χ0v) is 10.1. The van der Waals surface area contributed by atoms with E-state index in [4.69, 9.17) is 0 Å². The van der Waals surface area contributed by atoms with Crippen LogP contribution < -0.4 is 4.90 Å². The van der Waals surface area contributed by atoms with Crippen LogP contribution in [-0.4, -0.2) is 18.1 Å². The summed E-state index contributed by atoms with van der Waals surface area (Å²) in [5, 5.41) is 0. The van der Waals surface area contributed by atoms with Crippen LogP contribution in [0.3, 0.4) is 0 Å². The number of aromatic amines is 1. The summed E-state index contributed by atoms with van der Waals surface area (Å²) in [6.45, 7) is 9.48. The van der Waals surface area contributed by atoms with E-state index in [9.17, 15) is 0 Å². The SMILES string of the molecule is CC1CCN(c2ccc[nH]2)CC(C)(C)C1. The first-order valence-electron chi connectivity index (χ1n) is 5.95. The molecule has 2 nitrogen and oxygen atoms in total. The first-order chi connectivity index (χ1) is 7.07. The van der Waals surface area contributed by atoms with Crippen LogP contribution in [0.4, 0.5) is 5.82 Å². The molecule has 1 fully saturated rings. The molecule has 2 heteroatoms. The van der Waals surface area contributed by atoms with E-state index in [1.165, 1.54) is 25.2 Å². The van der Waals surface area contributed by atoms with Crippen molar-refractivity contribution in [3.63, 3.8) is 0 Å². The Kier molecular flexibility index (Phi) is 2.76. The molecule has 2 heterocycles. The Morgan fingerprint density at radius 3 is 2.93 bits per heavy atom. The molecule has 1 N–H and O–H groups in total. The third-order valence-corrected chi connectivity index (χ3v) is 3.33. The minimum atomic E-state index is 0.432. The predicted octanol–water partition coefficient (Wildman–Crippen LogP) is 3.28. The summed E-state index contributed by atoms with van der Waals surface area (Å²) in [6, 6.07) is 4.25. The molecule has 1 saturated heterocycles. The monoisotopic (exact) mass is 206 g/mol. The van der Waals surface area contributed by atoms with E-state index in [1.54, 1.807) is 0 Å². The van der Waals surface area contributed by atoms with Crippen LogP contribution in [0.1, 0.15) is 33.6 Å². The number of rotatable bonds is 1. The Balaban J connectivity index is 2.14. The second kappa shape index (κ2) is 3.92. The van der Waals surface area contributed by atoms with Gasteiger partial charge in [-0.3, -0.25) is 0 Å². The van der Waals surface area contributed by atoms with E-state index >= 15 is 0 Å². The summed E-state index contributed by atoms with van der Waals surface area (Å²) < 4.78 is 0. The molecule has 15 heavy (non-hydrogen) atoms. The molecule has 2 rings (SSSR count). The van der Waals surface area contributed by atoms with Crippen LogP contribution >= 0.6 is 0 Å². The molecule has 1 aromatic heterocycles. The smallest absolute Gasteiger partial charge is 0.105 e. The lowest BCUT2D eigenvalue weighted by molar-refractivity contribution is 0.302. The van der Waals surface area contributed by atoms with Crippen LogP contribution in [0.25, 0.3) is 0 Å². The summed E-state index contributed by atoms with van der Waals surface area (Å²) in [7, 11) is 0. The number of hydrogen-bond donors (Lipinski definition) is 1. The molecule has 0 saturated carbocycles. The average molecular weight is 206 g/mol. The Hall–Kier alpha value is -0.920. The zero-order valence-electron chi connectivity index (χ0n) is 10.1. The summed E-state index contributed by atoms with van der Waals surface area (Å²) in [5.74, 6) is 2.12. The quantitative estimate of drug-likeness (QED) is 0.747. The molecule has 0 radical (unpaired) electrons. The van der Waals surface area contributed by atoms with Crippen molar-refractivity contribution in [2.24, 2.45) is 11.3 Å². The van der Waals surface area contributed by atoms with Crippen LogP contribution in [0.5, 0.6) is 0 Å². The molecule has 1 unspecified atom stereocenters. The molecular weight excluding hydrogens is 184 g/mol. The Morgan fingerprint density at radius 2 is 2.27 bits per heavy atom. The zero-order chi connectivity index (χ0) is 10.9. The predicted molar refractivity (Wildman–Crippen MR) is 65.2 cm³/mol. The highest BCUT2D eigenvalue weighted by Gasteiger charge is 2.28. The lowest BCUT2D eigenvalue weighted by atomic mass is 9.83. The molecular formula is C13H22N2. The summed E-state index contributed by atoms with van der Waals surface area (Å²) in [6.07, 6.45) is 4.66. The van der Waals surface area contributed by atoms with Gasteiger partial charge in [0.25, 0.3) is 0 Å². The fraction of sp³-hybridized carbons (Fsp3) is 0.692. The highest BCUT2D eigenvalue weighted by atomic mass is 15.2. The van der Waals surface area contributed by atoms with Crippen molar-refractivity contribution in [1.82, 2.24) is 4.98 Å². The second-order valence-electron chi connectivity index (χ2n) is 5.74. The van der Waals surface area contributed by atoms with Gasteiger partial charge < -0.3 is 9.88 Å². The Bertz CT molecular complexity index is 300. The maximum Gasteiger partial charge on any atom is 0.105 e. The van der Waals surface area contributed by atoms with Gasteiger partial charge in [0.15, 0.2) is 0 Å². The van der Waals surface area contributed by atoms with Gasteiger partial charge in [-0.05, 0) is 36.3 Å². The molecule has 0 aliphatic carbocycles. The third-order valence-electron chi connectivity index (χ3n) is 3.33. The fourth-order valence-corrected chi connectivity index (χ4v) is 2.81. The van der Waals surface area contributed by atoms with Crippen molar-refractivity contribution in [3.05, 3.63) is 18.3 Å². The fourth-order valence-electron chi connectivity index (χ4n) is 2.81. The average Bonchev–Trinajstić information content (AvgIpc) is 2.59. The first-order valence-corrected chi connectivity index (χ1v) is 5.95. The van der Waals surface area contributed by atoms with Gasteiger partial charge in [-0.25, -0.2) is 0 Å². The topological polar surface area (TPSA) is 19.0 Å². The normalized spacial score (nSPS) is 26.3. The number of aromatic nitrogens is 1. The number of anilines is 1. The van der Waals surface area contributed by atoms with Crippen LogP contribution in [0.15, 0.2) is 18.3 Å². The van der Waals surface area contributed by atoms with Crippen molar-refractivity contribution in [2.75, 3.05) is 18.0 Å². The van der Waals surface area contributed by atoms with E-state index in [-0.39, 0.29) is 0 Å². The van der Waals surface area contributed by atoms with Gasteiger partial charge in [-0.15, -0.1) is 0 Å².